The second kappa shape index (κ2) is 4.65. The molecule has 1 heterocycles. The lowest BCUT2D eigenvalue weighted by molar-refractivity contribution is -0.139. The number of hydrogen-bond acceptors (Lipinski definition) is 2. The van der Waals surface area contributed by atoms with Crippen LogP contribution in [-0.2, 0) is 12.6 Å². The minimum atomic E-state index is -4.74. The number of Topliss-reactive ketones (excluding diaryl/α,β-unsaturated/α-hetero) is 1. The van der Waals surface area contributed by atoms with E-state index >= 15 is 0 Å². The summed E-state index contributed by atoms with van der Waals surface area (Å²) in [7, 11) is 0. The van der Waals surface area contributed by atoms with Gasteiger partial charge >= 0.3 is 6.18 Å². The van der Waals surface area contributed by atoms with E-state index in [-0.39, 0.29) is 11.3 Å². The summed E-state index contributed by atoms with van der Waals surface area (Å²) in [4.78, 5) is 15.8. The number of rotatable bonds is 1. The van der Waals surface area contributed by atoms with Gasteiger partial charge in [0.2, 0.25) is 0 Å². The molecule has 0 aliphatic heterocycles. The quantitative estimate of drug-likeness (QED) is 0.743. The fourth-order valence-corrected chi connectivity index (χ4v) is 2.53. The van der Waals surface area contributed by atoms with E-state index < -0.39 is 17.6 Å². The summed E-state index contributed by atoms with van der Waals surface area (Å²) < 4.78 is 51.3. The zero-order valence-corrected chi connectivity index (χ0v) is 10.7. The molecule has 1 aliphatic carbocycles. The summed E-state index contributed by atoms with van der Waals surface area (Å²) in [5.74, 6) is -1.45. The van der Waals surface area contributed by atoms with Crippen LogP contribution in [-0.4, -0.2) is 10.8 Å². The van der Waals surface area contributed by atoms with Gasteiger partial charge in [0.25, 0.3) is 0 Å². The number of pyridine rings is 1. The number of hydrogen-bond donors (Lipinski definition) is 0. The van der Waals surface area contributed by atoms with Crippen molar-refractivity contribution in [2.75, 3.05) is 0 Å². The molecule has 0 radical (unpaired) electrons. The minimum Gasteiger partial charge on any atom is -0.294 e. The standard InChI is InChI=1S/C15H9F4NO/c16-12-5-8(1-3-11(12)15(17,18)19)10-7-20-6-9-2-4-13(21)14(9)10/h1,3,5-7H,2,4H2. The number of ketones is 1. The van der Waals surface area contributed by atoms with E-state index in [4.69, 9.17) is 0 Å². The smallest absolute Gasteiger partial charge is 0.294 e. The fourth-order valence-electron chi connectivity index (χ4n) is 2.53. The summed E-state index contributed by atoms with van der Waals surface area (Å²) in [6.07, 6.45) is -0.904. The Hall–Kier alpha value is -2.24. The van der Waals surface area contributed by atoms with E-state index in [1.807, 2.05) is 0 Å². The van der Waals surface area contributed by atoms with E-state index in [0.29, 0.717) is 30.0 Å². The number of aryl methyl sites for hydroxylation is 1. The van der Waals surface area contributed by atoms with Gasteiger partial charge in [-0.1, -0.05) is 6.07 Å². The summed E-state index contributed by atoms with van der Waals surface area (Å²) in [6, 6.07) is 2.64. The molecular formula is C15H9F4NO. The predicted octanol–water partition coefficient (Wildman–Crippen LogP) is 4.04. The maximum atomic E-state index is 13.7. The third-order valence-electron chi connectivity index (χ3n) is 3.51. The van der Waals surface area contributed by atoms with Crippen molar-refractivity contribution in [1.82, 2.24) is 4.98 Å². The second-order valence-corrected chi connectivity index (χ2v) is 4.84. The zero-order valence-electron chi connectivity index (χ0n) is 10.7. The van der Waals surface area contributed by atoms with Gasteiger partial charge in [-0.25, -0.2) is 4.39 Å². The largest absolute Gasteiger partial charge is 0.419 e. The van der Waals surface area contributed by atoms with Crippen molar-refractivity contribution in [3.63, 3.8) is 0 Å². The van der Waals surface area contributed by atoms with Crippen LogP contribution in [0.4, 0.5) is 17.6 Å². The van der Waals surface area contributed by atoms with Gasteiger partial charge in [-0.2, -0.15) is 13.2 Å². The summed E-state index contributed by atoms with van der Waals surface area (Å²) in [6.45, 7) is 0. The number of fused-ring (bicyclic) bond motifs is 1. The Bertz CT molecular complexity index is 737. The van der Waals surface area contributed by atoms with Crippen molar-refractivity contribution >= 4 is 5.78 Å². The molecule has 0 saturated heterocycles. The van der Waals surface area contributed by atoms with Crippen molar-refractivity contribution in [3.05, 3.63) is 53.1 Å². The number of halogens is 4. The Morgan fingerprint density at radius 1 is 1.10 bits per heavy atom. The van der Waals surface area contributed by atoms with Crippen LogP contribution in [0, 0.1) is 5.82 Å². The van der Waals surface area contributed by atoms with Crippen molar-refractivity contribution in [2.45, 2.75) is 19.0 Å². The Morgan fingerprint density at radius 2 is 1.86 bits per heavy atom. The minimum absolute atomic E-state index is 0.0947. The molecule has 1 aliphatic rings. The first-order valence-electron chi connectivity index (χ1n) is 6.25. The number of nitrogens with zero attached hydrogens (tertiary/aromatic N) is 1. The highest BCUT2D eigenvalue weighted by Gasteiger charge is 2.34. The van der Waals surface area contributed by atoms with Gasteiger partial charge in [0.1, 0.15) is 5.82 Å². The molecule has 0 saturated carbocycles. The van der Waals surface area contributed by atoms with Gasteiger partial charge in [0, 0.05) is 29.9 Å². The number of alkyl halides is 3. The summed E-state index contributed by atoms with van der Waals surface area (Å²) in [5.41, 5.74) is 0.461. The van der Waals surface area contributed by atoms with Crippen LogP contribution in [0.5, 0.6) is 0 Å². The van der Waals surface area contributed by atoms with Crippen molar-refractivity contribution in [3.8, 4) is 11.1 Å². The van der Waals surface area contributed by atoms with E-state index in [2.05, 4.69) is 4.98 Å². The molecule has 21 heavy (non-hydrogen) atoms. The van der Waals surface area contributed by atoms with Crippen LogP contribution in [0.25, 0.3) is 11.1 Å². The number of carbonyl (C=O) groups is 1. The van der Waals surface area contributed by atoms with Crippen LogP contribution >= 0.6 is 0 Å². The average Bonchev–Trinajstić information content (AvgIpc) is 2.79. The van der Waals surface area contributed by atoms with Gasteiger partial charge < -0.3 is 0 Å². The van der Waals surface area contributed by atoms with E-state index in [0.717, 1.165) is 17.7 Å². The number of carbonyl (C=O) groups excluding carboxylic acids is 1. The highest BCUT2D eigenvalue weighted by Crippen LogP contribution is 2.36. The molecule has 2 nitrogen and oxygen atoms in total. The lowest BCUT2D eigenvalue weighted by atomic mass is 9.98. The third-order valence-corrected chi connectivity index (χ3v) is 3.51. The molecular weight excluding hydrogens is 286 g/mol. The van der Waals surface area contributed by atoms with E-state index in [1.165, 1.54) is 6.20 Å². The summed E-state index contributed by atoms with van der Waals surface area (Å²) >= 11 is 0. The molecule has 0 bridgehead atoms. The first kappa shape index (κ1) is 13.7. The Morgan fingerprint density at radius 3 is 2.52 bits per heavy atom. The van der Waals surface area contributed by atoms with Gasteiger partial charge in [-0.3, -0.25) is 9.78 Å². The van der Waals surface area contributed by atoms with Crippen molar-refractivity contribution in [2.24, 2.45) is 0 Å². The Balaban J connectivity index is 2.13. The van der Waals surface area contributed by atoms with Crippen LogP contribution in [0.15, 0.2) is 30.6 Å². The maximum absolute atomic E-state index is 13.7. The number of aromatic nitrogens is 1. The Kier molecular flexibility index (Phi) is 3.04. The van der Waals surface area contributed by atoms with Gasteiger partial charge in [-0.15, -0.1) is 0 Å². The molecule has 2 aromatic rings. The topological polar surface area (TPSA) is 30.0 Å². The highest BCUT2D eigenvalue weighted by atomic mass is 19.4. The number of benzene rings is 1. The summed E-state index contributed by atoms with van der Waals surface area (Å²) in [5, 5.41) is 0. The van der Waals surface area contributed by atoms with Gasteiger partial charge in [0.05, 0.1) is 5.56 Å². The molecule has 0 unspecified atom stereocenters. The molecule has 1 aromatic carbocycles. The average molecular weight is 295 g/mol. The fraction of sp³-hybridized carbons (Fsp3) is 0.200. The zero-order chi connectivity index (χ0) is 15.2. The molecule has 108 valence electrons. The predicted molar refractivity (Wildman–Crippen MR) is 67.3 cm³/mol. The van der Waals surface area contributed by atoms with E-state index in [1.54, 1.807) is 6.20 Å². The monoisotopic (exact) mass is 295 g/mol. The lowest BCUT2D eigenvalue weighted by Crippen LogP contribution is -2.08. The second-order valence-electron chi connectivity index (χ2n) is 4.84. The first-order valence-corrected chi connectivity index (χ1v) is 6.25. The van der Waals surface area contributed by atoms with Crippen molar-refractivity contribution in [1.29, 1.82) is 0 Å². The molecule has 0 spiro atoms. The SMILES string of the molecule is O=C1CCc2cncc(-c3ccc(C(F)(F)F)c(F)c3)c21. The molecule has 0 fully saturated rings. The molecule has 0 amide bonds. The van der Waals surface area contributed by atoms with Gasteiger partial charge in [-0.05, 0) is 29.7 Å². The Labute approximate surface area is 117 Å². The molecule has 3 rings (SSSR count). The van der Waals surface area contributed by atoms with Crippen LogP contribution in [0.2, 0.25) is 0 Å². The molecule has 1 aromatic heterocycles. The normalized spacial score (nSPS) is 14.4. The highest BCUT2D eigenvalue weighted by molar-refractivity contribution is 6.05. The molecule has 0 atom stereocenters. The first-order chi connectivity index (χ1) is 9.88. The van der Waals surface area contributed by atoms with Crippen LogP contribution < -0.4 is 0 Å². The van der Waals surface area contributed by atoms with Crippen molar-refractivity contribution < 1.29 is 22.4 Å². The van der Waals surface area contributed by atoms with Crippen LogP contribution in [0.1, 0.15) is 27.9 Å². The van der Waals surface area contributed by atoms with Gasteiger partial charge in [0.15, 0.2) is 5.78 Å². The van der Waals surface area contributed by atoms with Crippen LogP contribution in [0.3, 0.4) is 0 Å². The maximum Gasteiger partial charge on any atom is 0.419 e. The lowest BCUT2D eigenvalue weighted by Gasteiger charge is -2.11. The van der Waals surface area contributed by atoms with E-state index in [9.17, 15) is 22.4 Å². The molecule has 0 N–H and O–H groups in total. The molecule has 6 heteroatoms. The third kappa shape index (κ3) is 2.30.